The molecule has 1 aliphatic rings. The van der Waals surface area contributed by atoms with Gasteiger partial charge >= 0.3 is 0 Å². The highest BCUT2D eigenvalue weighted by atomic mass is 16.5. The third kappa shape index (κ3) is 2.88. The van der Waals surface area contributed by atoms with Gasteiger partial charge in [-0.3, -0.25) is 9.48 Å². The Hall–Kier alpha value is -3.09. The fraction of sp³-hybridized carbons (Fsp3) is 0.278. The second-order valence-corrected chi connectivity index (χ2v) is 5.97. The van der Waals surface area contributed by atoms with E-state index in [-0.39, 0.29) is 5.91 Å². The van der Waals surface area contributed by atoms with E-state index in [1.807, 2.05) is 26.1 Å². The van der Waals surface area contributed by atoms with E-state index in [1.54, 1.807) is 23.0 Å². The standard InChI is InChI=1S/C18H18N4O3/c1-11-14-8-12(10-19-17(14)22(2)21-11)18(23)20-13-4-5-15-16(9-13)25-7-3-6-24-15/h4-5,8-10H,3,6-7H2,1-2H3,(H,20,23). The van der Waals surface area contributed by atoms with Crippen LogP contribution < -0.4 is 14.8 Å². The van der Waals surface area contributed by atoms with Crippen molar-refractivity contribution in [1.82, 2.24) is 14.8 Å². The summed E-state index contributed by atoms with van der Waals surface area (Å²) in [6.45, 7) is 3.13. The monoisotopic (exact) mass is 338 g/mol. The molecule has 3 aromatic rings. The third-order valence-electron chi connectivity index (χ3n) is 4.13. The Kier molecular flexibility index (Phi) is 3.76. The lowest BCUT2D eigenvalue weighted by atomic mass is 10.2. The zero-order valence-corrected chi connectivity index (χ0v) is 14.1. The van der Waals surface area contributed by atoms with Crippen molar-refractivity contribution in [2.45, 2.75) is 13.3 Å². The predicted octanol–water partition coefficient (Wildman–Crippen LogP) is 2.69. The minimum Gasteiger partial charge on any atom is -0.490 e. The quantitative estimate of drug-likeness (QED) is 0.777. The van der Waals surface area contributed by atoms with Gasteiger partial charge in [0.2, 0.25) is 0 Å². The van der Waals surface area contributed by atoms with Gasteiger partial charge in [0.25, 0.3) is 5.91 Å². The molecule has 0 saturated carbocycles. The van der Waals surface area contributed by atoms with Crippen molar-refractivity contribution in [2.24, 2.45) is 7.05 Å². The van der Waals surface area contributed by atoms with Crippen LogP contribution in [-0.2, 0) is 7.05 Å². The number of aryl methyl sites for hydroxylation is 2. The summed E-state index contributed by atoms with van der Waals surface area (Å²) in [5, 5.41) is 8.07. The number of nitrogens with one attached hydrogen (secondary N) is 1. The molecule has 7 heteroatoms. The zero-order chi connectivity index (χ0) is 17.4. The van der Waals surface area contributed by atoms with E-state index in [4.69, 9.17) is 9.47 Å². The summed E-state index contributed by atoms with van der Waals surface area (Å²) in [5.74, 6) is 1.11. The molecular formula is C18H18N4O3. The van der Waals surface area contributed by atoms with E-state index in [1.165, 1.54) is 0 Å². The molecule has 0 unspecified atom stereocenters. The van der Waals surface area contributed by atoms with Gasteiger partial charge in [0, 0.05) is 36.8 Å². The maximum atomic E-state index is 12.6. The first-order valence-corrected chi connectivity index (χ1v) is 8.12. The molecule has 0 spiro atoms. The van der Waals surface area contributed by atoms with Crippen molar-refractivity contribution in [3.63, 3.8) is 0 Å². The van der Waals surface area contributed by atoms with E-state index < -0.39 is 0 Å². The highest BCUT2D eigenvalue weighted by molar-refractivity contribution is 6.05. The molecule has 25 heavy (non-hydrogen) atoms. The van der Waals surface area contributed by atoms with Crippen LogP contribution in [0.3, 0.4) is 0 Å². The number of carbonyl (C=O) groups is 1. The lowest BCUT2D eigenvalue weighted by Crippen LogP contribution is -2.12. The smallest absolute Gasteiger partial charge is 0.257 e. The number of carbonyl (C=O) groups excluding carboxylic acids is 1. The summed E-state index contributed by atoms with van der Waals surface area (Å²) in [6.07, 6.45) is 2.40. The second kappa shape index (κ2) is 6.08. The summed E-state index contributed by atoms with van der Waals surface area (Å²) in [6, 6.07) is 7.19. The van der Waals surface area contributed by atoms with Gasteiger partial charge in [0.1, 0.15) is 0 Å². The van der Waals surface area contributed by atoms with E-state index in [0.29, 0.717) is 36.0 Å². The Labute approximate surface area is 144 Å². The number of ether oxygens (including phenoxy) is 2. The van der Waals surface area contributed by atoms with Crippen molar-refractivity contribution in [3.8, 4) is 11.5 Å². The first kappa shape index (κ1) is 15.4. The minimum absolute atomic E-state index is 0.229. The maximum absolute atomic E-state index is 12.6. The van der Waals surface area contributed by atoms with Crippen LogP contribution in [0.2, 0.25) is 0 Å². The molecule has 1 aromatic carbocycles. The Bertz CT molecular complexity index is 964. The molecule has 0 bridgehead atoms. The number of pyridine rings is 1. The first-order chi connectivity index (χ1) is 12.1. The molecule has 0 aliphatic carbocycles. The number of hydrogen-bond acceptors (Lipinski definition) is 5. The Morgan fingerprint density at radius 1 is 1.20 bits per heavy atom. The topological polar surface area (TPSA) is 78.3 Å². The van der Waals surface area contributed by atoms with E-state index in [9.17, 15) is 4.79 Å². The van der Waals surface area contributed by atoms with Crippen molar-refractivity contribution in [2.75, 3.05) is 18.5 Å². The van der Waals surface area contributed by atoms with Gasteiger partial charge in [-0.15, -0.1) is 0 Å². The van der Waals surface area contributed by atoms with Crippen LogP contribution in [0.5, 0.6) is 11.5 Å². The van der Waals surface area contributed by atoms with Crippen LogP contribution in [0.25, 0.3) is 11.0 Å². The highest BCUT2D eigenvalue weighted by Gasteiger charge is 2.14. The lowest BCUT2D eigenvalue weighted by molar-refractivity contribution is 0.102. The fourth-order valence-electron chi connectivity index (χ4n) is 2.88. The zero-order valence-electron chi connectivity index (χ0n) is 14.1. The summed E-state index contributed by atoms with van der Waals surface area (Å²) in [5.41, 5.74) is 2.73. The third-order valence-corrected chi connectivity index (χ3v) is 4.13. The molecule has 1 amide bonds. The molecule has 1 N–H and O–H groups in total. The maximum Gasteiger partial charge on any atom is 0.257 e. The normalized spacial score (nSPS) is 13.5. The molecule has 128 valence electrons. The molecule has 0 saturated heterocycles. The average molecular weight is 338 g/mol. The van der Waals surface area contributed by atoms with Crippen LogP contribution in [-0.4, -0.2) is 33.9 Å². The SMILES string of the molecule is Cc1nn(C)c2ncc(C(=O)Nc3ccc4c(c3)OCCCO4)cc12. The Morgan fingerprint density at radius 2 is 2.00 bits per heavy atom. The number of anilines is 1. The van der Waals surface area contributed by atoms with Gasteiger partial charge in [0.05, 0.1) is 24.5 Å². The van der Waals surface area contributed by atoms with Gasteiger partial charge < -0.3 is 14.8 Å². The van der Waals surface area contributed by atoms with E-state index in [2.05, 4.69) is 15.4 Å². The number of rotatable bonds is 2. The summed E-state index contributed by atoms with van der Waals surface area (Å²) in [4.78, 5) is 16.9. The van der Waals surface area contributed by atoms with Gasteiger partial charge in [-0.05, 0) is 25.1 Å². The van der Waals surface area contributed by atoms with Gasteiger partial charge in [-0.2, -0.15) is 5.10 Å². The number of hydrogen-bond donors (Lipinski definition) is 1. The fourth-order valence-corrected chi connectivity index (χ4v) is 2.88. The predicted molar refractivity (Wildman–Crippen MR) is 93.2 cm³/mol. The second-order valence-electron chi connectivity index (χ2n) is 5.97. The average Bonchev–Trinajstić information content (AvgIpc) is 2.78. The van der Waals surface area contributed by atoms with Crippen LogP contribution in [0.15, 0.2) is 30.5 Å². The summed E-state index contributed by atoms with van der Waals surface area (Å²) < 4.78 is 13.0. The van der Waals surface area contributed by atoms with Crippen molar-refractivity contribution in [1.29, 1.82) is 0 Å². The molecule has 1 aliphatic heterocycles. The summed E-state index contributed by atoms with van der Waals surface area (Å²) >= 11 is 0. The number of aromatic nitrogens is 3. The van der Waals surface area contributed by atoms with Crippen molar-refractivity contribution >= 4 is 22.6 Å². The molecule has 0 fully saturated rings. The largest absolute Gasteiger partial charge is 0.490 e. The molecule has 0 radical (unpaired) electrons. The Morgan fingerprint density at radius 3 is 2.84 bits per heavy atom. The van der Waals surface area contributed by atoms with Crippen LogP contribution in [0.1, 0.15) is 22.5 Å². The molecule has 7 nitrogen and oxygen atoms in total. The van der Waals surface area contributed by atoms with E-state index in [0.717, 1.165) is 23.1 Å². The molecule has 2 aromatic heterocycles. The number of amides is 1. The number of nitrogens with zero attached hydrogens (tertiary/aromatic N) is 3. The van der Waals surface area contributed by atoms with Crippen molar-refractivity contribution in [3.05, 3.63) is 41.7 Å². The van der Waals surface area contributed by atoms with Gasteiger partial charge in [-0.25, -0.2) is 4.98 Å². The van der Waals surface area contributed by atoms with Crippen LogP contribution in [0.4, 0.5) is 5.69 Å². The highest BCUT2D eigenvalue weighted by Crippen LogP contribution is 2.32. The van der Waals surface area contributed by atoms with Gasteiger partial charge in [0.15, 0.2) is 17.1 Å². The molecular weight excluding hydrogens is 320 g/mol. The molecule has 0 atom stereocenters. The van der Waals surface area contributed by atoms with Gasteiger partial charge in [-0.1, -0.05) is 0 Å². The number of fused-ring (bicyclic) bond motifs is 2. The van der Waals surface area contributed by atoms with E-state index >= 15 is 0 Å². The first-order valence-electron chi connectivity index (χ1n) is 8.12. The summed E-state index contributed by atoms with van der Waals surface area (Å²) in [7, 11) is 1.83. The molecule has 3 heterocycles. The van der Waals surface area contributed by atoms with Crippen LogP contribution in [0, 0.1) is 6.92 Å². The molecule has 4 rings (SSSR count). The lowest BCUT2D eigenvalue weighted by Gasteiger charge is -2.10. The number of benzene rings is 1. The minimum atomic E-state index is -0.229. The Balaban J connectivity index is 1.59. The van der Waals surface area contributed by atoms with Crippen molar-refractivity contribution < 1.29 is 14.3 Å². The van der Waals surface area contributed by atoms with Crippen LogP contribution >= 0.6 is 0 Å².